The summed E-state index contributed by atoms with van der Waals surface area (Å²) >= 11 is 24.6. The second kappa shape index (κ2) is 11.3. The van der Waals surface area contributed by atoms with Gasteiger partial charge in [0.1, 0.15) is 0 Å². The van der Waals surface area contributed by atoms with Crippen LogP contribution in [-0.4, -0.2) is 48.1 Å². The first-order valence-corrected chi connectivity index (χ1v) is 12.8. The zero-order valence-electron chi connectivity index (χ0n) is 18.3. The molecule has 1 atom stereocenters. The van der Waals surface area contributed by atoms with Crippen LogP contribution in [0.3, 0.4) is 0 Å². The van der Waals surface area contributed by atoms with Gasteiger partial charge in [-0.15, -0.1) is 0 Å². The molecule has 33 heavy (non-hydrogen) atoms. The van der Waals surface area contributed by atoms with Crippen LogP contribution in [0.4, 0.5) is 10.5 Å². The summed E-state index contributed by atoms with van der Waals surface area (Å²) < 4.78 is 0. The topological polar surface area (TPSA) is 35.6 Å². The Morgan fingerprint density at radius 1 is 0.939 bits per heavy atom. The number of hydrogen-bond acceptors (Lipinski definition) is 2. The molecule has 1 N–H and O–H groups in total. The van der Waals surface area contributed by atoms with Gasteiger partial charge in [-0.05, 0) is 92.7 Å². The second-order valence-corrected chi connectivity index (χ2v) is 10.4. The minimum Gasteiger partial charge on any atom is -0.320 e. The monoisotopic (exact) mass is 525 g/mol. The number of halogens is 4. The van der Waals surface area contributed by atoms with Gasteiger partial charge in [-0.1, -0.05) is 52.5 Å². The van der Waals surface area contributed by atoms with Crippen LogP contribution in [0.15, 0.2) is 42.5 Å². The molecule has 1 heterocycles. The molecule has 1 unspecified atom stereocenters. The zero-order chi connectivity index (χ0) is 23.4. The number of likely N-dealkylation sites (tertiary alicyclic amines) is 1. The van der Waals surface area contributed by atoms with Crippen molar-refractivity contribution in [1.82, 2.24) is 9.80 Å². The SMILES string of the molecule is O=C(Nc1cc(Cl)cc(Cl)c1)N(CCN1CCCC1)C1CC=C(c2cc(Cl)cc(Cl)c2)CC1. The van der Waals surface area contributed by atoms with Gasteiger partial charge in [-0.3, -0.25) is 0 Å². The molecule has 2 aromatic rings. The highest BCUT2D eigenvalue weighted by atomic mass is 35.5. The molecule has 1 aliphatic carbocycles. The Morgan fingerprint density at radius 3 is 2.12 bits per heavy atom. The molecule has 2 aromatic carbocycles. The second-order valence-electron chi connectivity index (χ2n) is 8.65. The van der Waals surface area contributed by atoms with Gasteiger partial charge in [-0.2, -0.15) is 0 Å². The fourth-order valence-corrected chi connectivity index (χ4v) is 5.68. The molecule has 1 aliphatic heterocycles. The van der Waals surface area contributed by atoms with E-state index in [1.54, 1.807) is 24.3 Å². The van der Waals surface area contributed by atoms with Crippen LogP contribution in [0.2, 0.25) is 20.1 Å². The highest BCUT2D eigenvalue weighted by Crippen LogP contribution is 2.33. The molecule has 0 radical (unpaired) electrons. The van der Waals surface area contributed by atoms with E-state index in [1.165, 1.54) is 18.4 Å². The highest BCUT2D eigenvalue weighted by molar-refractivity contribution is 6.35. The first kappa shape index (κ1) is 24.7. The number of carbonyl (C=O) groups excluding carboxylic acids is 1. The fraction of sp³-hybridized carbons (Fsp3) is 0.400. The van der Waals surface area contributed by atoms with Gasteiger partial charge >= 0.3 is 6.03 Å². The number of anilines is 1. The number of nitrogens with zero attached hydrogens (tertiary/aromatic N) is 2. The summed E-state index contributed by atoms with van der Waals surface area (Å²) in [5.74, 6) is 0. The van der Waals surface area contributed by atoms with Crippen molar-refractivity contribution in [3.05, 3.63) is 68.1 Å². The number of nitrogens with one attached hydrogen (secondary N) is 1. The van der Waals surface area contributed by atoms with Crippen molar-refractivity contribution < 1.29 is 4.79 Å². The van der Waals surface area contributed by atoms with Crippen molar-refractivity contribution in [2.45, 2.75) is 38.1 Å². The summed E-state index contributed by atoms with van der Waals surface area (Å²) in [6.45, 7) is 3.75. The van der Waals surface area contributed by atoms with Crippen molar-refractivity contribution in [3.8, 4) is 0 Å². The van der Waals surface area contributed by atoms with E-state index in [-0.39, 0.29) is 12.1 Å². The van der Waals surface area contributed by atoms with Crippen molar-refractivity contribution in [2.75, 3.05) is 31.5 Å². The van der Waals surface area contributed by atoms with Gasteiger partial charge in [0, 0.05) is 44.9 Å². The molecule has 1 fully saturated rings. The van der Waals surface area contributed by atoms with Crippen LogP contribution in [0.1, 0.15) is 37.7 Å². The smallest absolute Gasteiger partial charge is 0.320 e. The van der Waals surface area contributed by atoms with Crippen molar-refractivity contribution in [1.29, 1.82) is 0 Å². The number of urea groups is 1. The molecule has 0 bridgehead atoms. The van der Waals surface area contributed by atoms with E-state index in [2.05, 4.69) is 16.3 Å². The molecular weight excluding hydrogens is 500 g/mol. The molecule has 0 spiro atoms. The van der Waals surface area contributed by atoms with Crippen molar-refractivity contribution >= 4 is 63.7 Å². The number of allylic oxidation sites excluding steroid dienone is 1. The minimum atomic E-state index is -0.125. The molecule has 0 saturated carbocycles. The summed E-state index contributed by atoms with van der Waals surface area (Å²) in [6, 6.07) is 10.7. The maximum absolute atomic E-state index is 13.3. The van der Waals surface area contributed by atoms with Crippen LogP contribution in [0.5, 0.6) is 0 Å². The fourth-order valence-electron chi connectivity index (χ4n) is 4.63. The Morgan fingerprint density at radius 2 is 1.55 bits per heavy atom. The summed E-state index contributed by atoms with van der Waals surface area (Å²) in [5, 5.41) is 5.25. The molecule has 2 aliphatic rings. The molecule has 4 rings (SSSR count). The predicted molar refractivity (Wildman–Crippen MR) is 140 cm³/mol. The first-order chi connectivity index (χ1) is 15.9. The van der Waals surface area contributed by atoms with E-state index < -0.39 is 0 Å². The Hall–Kier alpha value is -1.43. The Labute approximate surface area is 215 Å². The quantitative estimate of drug-likeness (QED) is 0.415. The lowest BCUT2D eigenvalue weighted by Crippen LogP contribution is -2.47. The maximum Gasteiger partial charge on any atom is 0.322 e. The van der Waals surface area contributed by atoms with Gasteiger partial charge in [0.2, 0.25) is 0 Å². The van der Waals surface area contributed by atoms with E-state index in [4.69, 9.17) is 46.4 Å². The van der Waals surface area contributed by atoms with E-state index in [0.29, 0.717) is 32.3 Å². The van der Waals surface area contributed by atoms with Crippen LogP contribution >= 0.6 is 46.4 Å². The van der Waals surface area contributed by atoms with Crippen LogP contribution in [0, 0.1) is 0 Å². The van der Waals surface area contributed by atoms with E-state index >= 15 is 0 Å². The first-order valence-electron chi connectivity index (χ1n) is 11.3. The van der Waals surface area contributed by atoms with E-state index in [9.17, 15) is 4.79 Å². The van der Waals surface area contributed by atoms with Gasteiger partial charge in [0.15, 0.2) is 0 Å². The molecule has 2 amide bonds. The van der Waals surface area contributed by atoms with Crippen LogP contribution in [-0.2, 0) is 0 Å². The molecule has 1 saturated heterocycles. The standard InChI is InChI=1S/C25H27Cl4N3O/c26-19-11-18(12-20(27)13-19)17-3-5-24(6-4-17)32(10-9-31-7-1-2-8-31)25(33)30-23-15-21(28)14-22(29)16-23/h3,11-16,24H,1-2,4-10H2,(H,30,33). The number of carbonyl (C=O) groups is 1. The largest absolute Gasteiger partial charge is 0.322 e. The minimum absolute atomic E-state index is 0.112. The summed E-state index contributed by atoms with van der Waals surface area (Å²) in [7, 11) is 0. The van der Waals surface area contributed by atoms with Crippen LogP contribution in [0.25, 0.3) is 5.57 Å². The van der Waals surface area contributed by atoms with Crippen molar-refractivity contribution in [3.63, 3.8) is 0 Å². The molecule has 8 heteroatoms. The summed E-state index contributed by atoms with van der Waals surface area (Å²) in [5.41, 5.74) is 2.87. The Bertz CT molecular complexity index is 996. The number of rotatable bonds is 6. The summed E-state index contributed by atoms with van der Waals surface area (Å²) in [4.78, 5) is 17.7. The van der Waals surface area contributed by atoms with Gasteiger partial charge in [0.05, 0.1) is 0 Å². The number of hydrogen-bond donors (Lipinski definition) is 1. The zero-order valence-corrected chi connectivity index (χ0v) is 21.3. The lowest BCUT2D eigenvalue weighted by Gasteiger charge is -2.35. The lowest BCUT2D eigenvalue weighted by molar-refractivity contribution is 0.170. The highest BCUT2D eigenvalue weighted by Gasteiger charge is 2.27. The van der Waals surface area contributed by atoms with Gasteiger partial charge < -0.3 is 15.1 Å². The van der Waals surface area contributed by atoms with Crippen molar-refractivity contribution in [2.24, 2.45) is 0 Å². The molecule has 4 nitrogen and oxygen atoms in total. The number of benzene rings is 2. The average molecular weight is 527 g/mol. The molecule has 176 valence electrons. The third-order valence-electron chi connectivity index (χ3n) is 6.29. The Balaban J connectivity index is 1.49. The van der Waals surface area contributed by atoms with E-state index in [0.717, 1.165) is 44.5 Å². The molecule has 0 aromatic heterocycles. The normalized spacial score (nSPS) is 18.8. The molecular formula is C25H27Cl4N3O. The number of amides is 2. The Kier molecular flexibility index (Phi) is 8.48. The third kappa shape index (κ3) is 6.80. The average Bonchev–Trinajstić information content (AvgIpc) is 3.26. The van der Waals surface area contributed by atoms with E-state index in [1.807, 2.05) is 17.0 Å². The maximum atomic E-state index is 13.3. The summed E-state index contributed by atoms with van der Waals surface area (Å²) in [6.07, 6.45) is 7.18. The van der Waals surface area contributed by atoms with Gasteiger partial charge in [-0.25, -0.2) is 4.79 Å². The van der Waals surface area contributed by atoms with Crippen LogP contribution < -0.4 is 5.32 Å². The van der Waals surface area contributed by atoms with Gasteiger partial charge in [0.25, 0.3) is 0 Å². The third-order valence-corrected chi connectivity index (χ3v) is 7.16. The predicted octanol–water partition coefficient (Wildman–Crippen LogP) is 7.87. The lowest BCUT2D eigenvalue weighted by atomic mass is 9.90.